The molecule has 1 aromatic heterocycles. The Bertz CT molecular complexity index is 309. The van der Waals surface area contributed by atoms with Crippen molar-refractivity contribution >= 4 is 16.5 Å². The monoisotopic (exact) mass is 259 g/mol. The maximum absolute atomic E-state index is 5.80. The second kappa shape index (κ2) is 7.60. The molecule has 0 aliphatic carbocycles. The predicted octanol–water partition coefficient (Wildman–Crippen LogP) is 1.26. The summed E-state index contributed by atoms with van der Waals surface area (Å²) in [6.45, 7) is 4.92. The van der Waals surface area contributed by atoms with Gasteiger partial charge in [0.05, 0.1) is 18.9 Å². The highest BCUT2D eigenvalue weighted by molar-refractivity contribution is 7.13. The van der Waals surface area contributed by atoms with Gasteiger partial charge in [-0.25, -0.2) is 4.98 Å². The smallest absolute Gasteiger partial charge is 0.185 e. The number of thiazole rings is 1. The SMILES string of the molecule is COCCN(CCOC)c1nc(C(C)N)cs1. The predicted molar refractivity (Wildman–Crippen MR) is 70.7 cm³/mol. The fraction of sp³-hybridized carbons (Fsp3) is 0.727. The van der Waals surface area contributed by atoms with Gasteiger partial charge in [0.1, 0.15) is 0 Å². The van der Waals surface area contributed by atoms with Crippen molar-refractivity contribution < 1.29 is 9.47 Å². The van der Waals surface area contributed by atoms with Crippen molar-refractivity contribution in [2.24, 2.45) is 5.73 Å². The lowest BCUT2D eigenvalue weighted by Gasteiger charge is -2.20. The maximum Gasteiger partial charge on any atom is 0.185 e. The third kappa shape index (κ3) is 4.59. The third-order valence-electron chi connectivity index (χ3n) is 2.38. The molecule has 1 unspecified atom stereocenters. The molecule has 0 saturated carbocycles. The lowest BCUT2D eigenvalue weighted by atomic mass is 10.3. The highest BCUT2D eigenvalue weighted by Crippen LogP contribution is 2.22. The normalized spacial score (nSPS) is 12.7. The maximum atomic E-state index is 5.80. The number of ether oxygens (including phenoxy) is 2. The van der Waals surface area contributed by atoms with Crippen LogP contribution in [0.3, 0.4) is 0 Å². The Morgan fingerprint density at radius 2 is 1.94 bits per heavy atom. The minimum absolute atomic E-state index is 0.0216. The average molecular weight is 259 g/mol. The van der Waals surface area contributed by atoms with E-state index in [0.717, 1.165) is 23.9 Å². The molecule has 0 spiro atoms. The van der Waals surface area contributed by atoms with Gasteiger partial charge in [-0.2, -0.15) is 0 Å². The van der Waals surface area contributed by atoms with Crippen molar-refractivity contribution in [3.63, 3.8) is 0 Å². The molecule has 6 heteroatoms. The van der Waals surface area contributed by atoms with Crippen LogP contribution in [0, 0.1) is 0 Å². The molecule has 0 saturated heterocycles. The molecule has 1 rings (SSSR count). The average Bonchev–Trinajstić information content (AvgIpc) is 2.79. The van der Waals surface area contributed by atoms with Crippen molar-refractivity contribution in [3.05, 3.63) is 11.1 Å². The summed E-state index contributed by atoms with van der Waals surface area (Å²) in [6.07, 6.45) is 0. The van der Waals surface area contributed by atoms with E-state index in [1.807, 2.05) is 12.3 Å². The van der Waals surface area contributed by atoms with Gasteiger partial charge in [-0.15, -0.1) is 11.3 Å². The highest BCUT2D eigenvalue weighted by atomic mass is 32.1. The first-order valence-electron chi connectivity index (χ1n) is 5.62. The first kappa shape index (κ1) is 14.4. The number of methoxy groups -OCH3 is 2. The number of nitrogens with zero attached hydrogens (tertiary/aromatic N) is 2. The topological polar surface area (TPSA) is 60.6 Å². The molecule has 0 radical (unpaired) electrons. The summed E-state index contributed by atoms with van der Waals surface area (Å²) in [6, 6.07) is -0.0216. The minimum Gasteiger partial charge on any atom is -0.383 e. The number of nitrogens with two attached hydrogens (primary N) is 1. The van der Waals surface area contributed by atoms with E-state index in [2.05, 4.69) is 9.88 Å². The fourth-order valence-corrected chi connectivity index (χ4v) is 2.32. The van der Waals surface area contributed by atoms with E-state index in [9.17, 15) is 0 Å². The molecule has 0 amide bonds. The Hall–Kier alpha value is -0.690. The molecule has 2 N–H and O–H groups in total. The lowest BCUT2D eigenvalue weighted by Crippen LogP contribution is -2.30. The first-order valence-corrected chi connectivity index (χ1v) is 6.50. The van der Waals surface area contributed by atoms with E-state index in [0.29, 0.717) is 13.2 Å². The van der Waals surface area contributed by atoms with Gasteiger partial charge in [-0.05, 0) is 6.92 Å². The molecule has 17 heavy (non-hydrogen) atoms. The quantitative estimate of drug-likeness (QED) is 0.761. The molecule has 0 aliphatic rings. The Kier molecular flexibility index (Phi) is 6.43. The van der Waals surface area contributed by atoms with Gasteiger partial charge in [0.15, 0.2) is 5.13 Å². The van der Waals surface area contributed by atoms with Gasteiger partial charge in [0.25, 0.3) is 0 Å². The van der Waals surface area contributed by atoms with Crippen LogP contribution in [0.1, 0.15) is 18.7 Å². The minimum atomic E-state index is -0.0216. The first-order chi connectivity index (χ1) is 8.19. The van der Waals surface area contributed by atoms with Crippen molar-refractivity contribution in [3.8, 4) is 0 Å². The lowest BCUT2D eigenvalue weighted by molar-refractivity contribution is 0.190. The van der Waals surface area contributed by atoms with Crippen LogP contribution in [-0.2, 0) is 9.47 Å². The van der Waals surface area contributed by atoms with Crippen LogP contribution in [0.4, 0.5) is 5.13 Å². The Labute approximate surface area is 107 Å². The van der Waals surface area contributed by atoms with Gasteiger partial charge in [-0.1, -0.05) is 0 Å². The second-order valence-electron chi connectivity index (χ2n) is 3.82. The van der Waals surface area contributed by atoms with Crippen molar-refractivity contribution in [2.45, 2.75) is 13.0 Å². The molecule has 0 fully saturated rings. The molecular weight excluding hydrogens is 238 g/mol. The zero-order chi connectivity index (χ0) is 12.7. The summed E-state index contributed by atoms with van der Waals surface area (Å²) in [7, 11) is 3.40. The van der Waals surface area contributed by atoms with Gasteiger partial charge >= 0.3 is 0 Å². The molecule has 0 bridgehead atoms. The van der Waals surface area contributed by atoms with Gasteiger partial charge in [0.2, 0.25) is 0 Å². The van der Waals surface area contributed by atoms with Crippen LogP contribution in [0.25, 0.3) is 0 Å². The van der Waals surface area contributed by atoms with Gasteiger partial charge in [0, 0.05) is 38.7 Å². The number of hydrogen-bond acceptors (Lipinski definition) is 6. The summed E-state index contributed by atoms with van der Waals surface area (Å²) in [4.78, 5) is 6.68. The van der Waals surface area contributed by atoms with E-state index in [4.69, 9.17) is 15.2 Å². The summed E-state index contributed by atoms with van der Waals surface area (Å²) in [5.41, 5.74) is 6.74. The van der Waals surface area contributed by atoms with Crippen molar-refractivity contribution in [1.82, 2.24) is 4.98 Å². The third-order valence-corrected chi connectivity index (χ3v) is 3.30. The Morgan fingerprint density at radius 1 is 1.35 bits per heavy atom. The van der Waals surface area contributed by atoms with Crippen LogP contribution >= 0.6 is 11.3 Å². The number of rotatable bonds is 8. The summed E-state index contributed by atoms with van der Waals surface area (Å²) >= 11 is 1.61. The van der Waals surface area contributed by atoms with Gasteiger partial charge in [-0.3, -0.25) is 0 Å². The Morgan fingerprint density at radius 3 is 2.35 bits per heavy atom. The highest BCUT2D eigenvalue weighted by Gasteiger charge is 2.12. The van der Waals surface area contributed by atoms with E-state index in [-0.39, 0.29) is 6.04 Å². The Balaban J connectivity index is 2.65. The molecule has 1 atom stereocenters. The van der Waals surface area contributed by atoms with E-state index in [1.54, 1.807) is 25.6 Å². The largest absolute Gasteiger partial charge is 0.383 e. The number of aromatic nitrogens is 1. The summed E-state index contributed by atoms with van der Waals surface area (Å²) in [5, 5.41) is 2.98. The molecule has 1 aromatic rings. The van der Waals surface area contributed by atoms with Crippen LogP contribution in [0.2, 0.25) is 0 Å². The standard InChI is InChI=1S/C11H21N3O2S/c1-9(12)10-8-17-11(13-10)14(4-6-15-2)5-7-16-3/h8-9H,4-7,12H2,1-3H3. The molecule has 0 aromatic carbocycles. The zero-order valence-electron chi connectivity index (χ0n) is 10.7. The van der Waals surface area contributed by atoms with Crippen LogP contribution in [-0.4, -0.2) is 45.5 Å². The van der Waals surface area contributed by atoms with Crippen LogP contribution in [0.5, 0.6) is 0 Å². The second-order valence-corrected chi connectivity index (χ2v) is 4.65. The molecule has 98 valence electrons. The van der Waals surface area contributed by atoms with Gasteiger partial charge < -0.3 is 20.1 Å². The van der Waals surface area contributed by atoms with E-state index < -0.39 is 0 Å². The summed E-state index contributed by atoms with van der Waals surface area (Å²) in [5.74, 6) is 0. The van der Waals surface area contributed by atoms with Crippen molar-refractivity contribution in [2.75, 3.05) is 45.4 Å². The molecule has 5 nitrogen and oxygen atoms in total. The molecular formula is C11H21N3O2S. The van der Waals surface area contributed by atoms with E-state index in [1.165, 1.54) is 0 Å². The molecule has 1 heterocycles. The van der Waals surface area contributed by atoms with Crippen LogP contribution in [0.15, 0.2) is 5.38 Å². The van der Waals surface area contributed by atoms with E-state index >= 15 is 0 Å². The number of anilines is 1. The van der Waals surface area contributed by atoms with Crippen molar-refractivity contribution in [1.29, 1.82) is 0 Å². The fourth-order valence-electron chi connectivity index (χ4n) is 1.34. The molecule has 0 aliphatic heterocycles. The zero-order valence-corrected chi connectivity index (χ0v) is 11.5. The van der Waals surface area contributed by atoms with Crippen LogP contribution < -0.4 is 10.6 Å². The number of hydrogen-bond donors (Lipinski definition) is 1. The summed E-state index contributed by atoms with van der Waals surface area (Å²) < 4.78 is 10.2.